The number of hydrogen-bond donors (Lipinski definition) is 2. The Kier molecular flexibility index (Phi) is 3.16. The van der Waals surface area contributed by atoms with E-state index in [0.29, 0.717) is 18.0 Å². The predicted octanol–water partition coefficient (Wildman–Crippen LogP) is 3.15. The fourth-order valence-electron chi connectivity index (χ4n) is 1.91. The molecule has 2 N–H and O–H groups in total. The van der Waals surface area contributed by atoms with Crippen LogP contribution in [0, 0.1) is 0 Å². The van der Waals surface area contributed by atoms with Crippen molar-refractivity contribution in [3.8, 4) is 11.5 Å². The highest BCUT2D eigenvalue weighted by molar-refractivity contribution is 5.74. The molecule has 0 atom stereocenters. The number of fused-ring (bicyclic) bond motifs is 1. The normalized spacial score (nSPS) is 10.7. The van der Waals surface area contributed by atoms with E-state index < -0.39 is 0 Å². The number of aromatic nitrogens is 1. The lowest BCUT2D eigenvalue weighted by Gasteiger charge is -2.02. The summed E-state index contributed by atoms with van der Waals surface area (Å²) < 4.78 is 10.8. The van der Waals surface area contributed by atoms with E-state index in [-0.39, 0.29) is 5.75 Å². The van der Waals surface area contributed by atoms with Crippen LogP contribution in [0.4, 0.5) is 5.69 Å². The van der Waals surface area contributed by atoms with Crippen LogP contribution < -0.4 is 10.1 Å². The van der Waals surface area contributed by atoms with Crippen LogP contribution in [-0.4, -0.2) is 17.2 Å². The molecule has 0 saturated carbocycles. The number of nitrogens with one attached hydrogen (secondary N) is 1. The molecular formula is C15H14N2O3. The fourth-order valence-corrected chi connectivity index (χ4v) is 1.91. The highest BCUT2D eigenvalue weighted by Gasteiger charge is 2.06. The molecule has 102 valence electrons. The van der Waals surface area contributed by atoms with Crippen molar-refractivity contribution in [2.45, 2.75) is 6.54 Å². The van der Waals surface area contributed by atoms with Crippen LogP contribution in [0.15, 0.2) is 46.9 Å². The maximum absolute atomic E-state index is 9.22. The molecule has 0 aliphatic heterocycles. The lowest BCUT2D eigenvalue weighted by Crippen LogP contribution is -1.98. The minimum absolute atomic E-state index is 0.240. The van der Waals surface area contributed by atoms with Gasteiger partial charge in [0.25, 0.3) is 0 Å². The molecule has 3 rings (SSSR count). The second-order valence-electron chi connectivity index (χ2n) is 4.34. The number of benzene rings is 2. The average molecular weight is 270 g/mol. The first-order valence-electron chi connectivity index (χ1n) is 6.21. The molecule has 0 fully saturated rings. The number of nitrogens with zero attached hydrogens (tertiary/aromatic N) is 1. The molecule has 0 unspecified atom stereocenters. The van der Waals surface area contributed by atoms with E-state index in [9.17, 15) is 5.11 Å². The average Bonchev–Trinajstić information content (AvgIpc) is 2.88. The third-order valence-corrected chi connectivity index (χ3v) is 2.95. The second kappa shape index (κ2) is 5.13. The van der Waals surface area contributed by atoms with Gasteiger partial charge in [0, 0.05) is 11.8 Å². The van der Waals surface area contributed by atoms with Gasteiger partial charge in [0.05, 0.1) is 13.7 Å². The molecule has 20 heavy (non-hydrogen) atoms. The Morgan fingerprint density at radius 3 is 2.75 bits per heavy atom. The van der Waals surface area contributed by atoms with Gasteiger partial charge in [-0.3, -0.25) is 0 Å². The maximum Gasteiger partial charge on any atom is 0.214 e. The molecule has 1 heterocycles. The molecule has 0 bridgehead atoms. The van der Waals surface area contributed by atoms with Crippen LogP contribution in [-0.2, 0) is 6.54 Å². The van der Waals surface area contributed by atoms with Crippen molar-refractivity contribution in [2.75, 3.05) is 12.4 Å². The lowest BCUT2D eigenvalue weighted by molar-refractivity contribution is 0.414. The largest absolute Gasteiger partial charge is 0.508 e. The summed E-state index contributed by atoms with van der Waals surface area (Å²) in [5, 5.41) is 12.4. The number of hydrogen-bond acceptors (Lipinski definition) is 5. The van der Waals surface area contributed by atoms with Crippen LogP contribution >= 0.6 is 0 Å². The number of phenols is 1. The van der Waals surface area contributed by atoms with E-state index in [4.69, 9.17) is 9.15 Å². The molecule has 2 aromatic carbocycles. The number of ether oxygens (including phenoxy) is 1. The third kappa shape index (κ3) is 2.51. The first-order valence-corrected chi connectivity index (χ1v) is 6.21. The lowest BCUT2D eigenvalue weighted by atomic mass is 10.3. The van der Waals surface area contributed by atoms with Gasteiger partial charge in [0.2, 0.25) is 5.89 Å². The molecule has 5 nitrogen and oxygen atoms in total. The van der Waals surface area contributed by atoms with Gasteiger partial charge in [0.1, 0.15) is 17.0 Å². The standard InChI is InChI=1S/C15H14N2O3/c1-19-12-6-7-13-14(8-12)20-15(17-13)9-16-10-2-4-11(18)5-3-10/h2-8,16,18H,9H2,1H3. The minimum atomic E-state index is 0.240. The van der Waals surface area contributed by atoms with Gasteiger partial charge in [-0.2, -0.15) is 0 Å². The molecule has 0 amide bonds. The Hall–Kier alpha value is -2.69. The Morgan fingerprint density at radius 2 is 2.00 bits per heavy atom. The van der Waals surface area contributed by atoms with Crippen LogP contribution in [0.3, 0.4) is 0 Å². The van der Waals surface area contributed by atoms with Crippen molar-refractivity contribution in [2.24, 2.45) is 0 Å². The van der Waals surface area contributed by atoms with E-state index in [1.807, 2.05) is 18.2 Å². The topological polar surface area (TPSA) is 67.5 Å². The smallest absolute Gasteiger partial charge is 0.214 e. The zero-order chi connectivity index (χ0) is 13.9. The molecule has 0 spiro atoms. The third-order valence-electron chi connectivity index (χ3n) is 2.95. The number of aromatic hydroxyl groups is 1. The summed E-state index contributed by atoms with van der Waals surface area (Å²) in [5.74, 6) is 1.58. The molecule has 3 aromatic rings. The number of anilines is 1. The molecule has 0 aliphatic rings. The number of rotatable bonds is 4. The summed E-state index contributed by atoms with van der Waals surface area (Å²) in [6, 6.07) is 12.4. The quantitative estimate of drug-likeness (QED) is 0.713. The zero-order valence-corrected chi connectivity index (χ0v) is 11.0. The van der Waals surface area contributed by atoms with E-state index in [1.54, 1.807) is 31.4 Å². The Morgan fingerprint density at radius 1 is 1.20 bits per heavy atom. The van der Waals surface area contributed by atoms with Gasteiger partial charge in [-0.05, 0) is 36.4 Å². The predicted molar refractivity (Wildman–Crippen MR) is 76.0 cm³/mol. The number of methoxy groups -OCH3 is 1. The maximum atomic E-state index is 9.22. The second-order valence-corrected chi connectivity index (χ2v) is 4.34. The van der Waals surface area contributed by atoms with E-state index >= 15 is 0 Å². The van der Waals surface area contributed by atoms with Crippen LogP contribution in [0.5, 0.6) is 11.5 Å². The van der Waals surface area contributed by atoms with Crippen molar-refractivity contribution < 1.29 is 14.3 Å². The van der Waals surface area contributed by atoms with Crippen LogP contribution in [0.1, 0.15) is 5.89 Å². The van der Waals surface area contributed by atoms with Gasteiger partial charge in [-0.1, -0.05) is 0 Å². The highest BCUT2D eigenvalue weighted by Crippen LogP contribution is 2.22. The van der Waals surface area contributed by atoms with Crippen LogP contribution in [0.2, 0.25) is 0 Å². The molecule has 0 saturated heterocycles. The van der Waals surface area contributed by atoms with Crippen molar-refractivity contribution in [1.82, 2.24) is 4.98 Å². The number of phenolic OH excluding ortho intramolecular Hbond substituents is 1. The van der Waals surface area contributed by atoms with E-state index in [1.165, 1.54) is 0 Å². The summed E-state index contributed by atoms with van der Waals surface area (Å²) in [6.45, 7) is 0.474. The molecular weight excluding hydrogens is 256 g/mol. The monoisotopic (exact) mass is 270 g/mol. The Labute approximate surface area is 115 Å². The summed E-state index contributed by atoms with van der Waals surface area (Å²) in [6.07, 6.45) is 0. The molecule has 5 heteroatoms. The summed E-state index contributed by atoms with van der Waals surface area (Å²) >= 11 is 0. The first kappa shape index (κ1) is 12.3. The van der Waals surface area contributed by atoms with E-state index in [0.717, 1.165) is 17.0 Å². The van der Waals surface area contributed by atoms with Crippen molar-refractivity contribution >= 4 is 16.8 Å². The zero-order valence-electron chi connectivity index (χ0n) is 11.0. The highest BCUT2D eigenvalue weighted by atomic mass is 16.5. The van der Waals surface area contributed by atoms with Gasteiger partial charge in [-0.25, -0.2) is 4.98 Å². The van der Waals surface area contributed by atoms with Gasteiger partial charge in [0.15, 0.2) is 5.58 Å². The van der Waals surface area contributed by atoms with Gasteiger partial charge < -0.3 is 19.6 Å². The molecule has 0 radical (unpaired) electrons. The van der Waals surface area contributed by atoms with Crippen molar-refractivity contribution in [3.63, 3.8) is 0 Å². The van der Waals surface area contributed by atoms with Gasteiger partial charge >= 0.3 is 0 Å². The number of oxazole rings is 1. The summed E-state index contributed by atoms with van der Waals surface area (Å²) in [4.78, 5) is 4.39. The van der Waals surface area contributed by atoms with E-state index in [2.05, 4.69) is 10.3 Å². The summed E-state index contributed by atoms with van der Waals surface area (Å²) in [5.41, 5.74) is 2.39. The fraction of sp³-hybridized carbons (Fsp3) is 0.133. The SMILES string of the molecule is COc1ccc2nc(CNc3ccc(O)cc3)oc2c1. The molecule has 0 aliphatic carbocycles. The first-order chi connectivity index (χ1) is 9.74. The molecule has 1 aromatic heterocycles. The van der Waals surface area contributed by atoms with Crippen molar-refractivity contribution in [1.29, 1.82) is 0 Å². The Bertz CT molecular complexity index is 720. The van der Waals surface area contributed by atoms with Gasteiger partial charge in [-0.15, -0.1) is 0 Å². The van der Waals surface area contributed by atoms with Crippen LogP contribution in [0.25, 0.3) is 11.1 Å². The Balaban J connectivity index is 1.75. The minimum Gasteiger partial charge on any atom is -0.508 e. The van der Waals surface area contributed by atoms with Crippen molar-refractivity contribution in [3.05, 3.63) is 48.4 Å². The summed E-state index contributed by atoms with van der Waals surface area (Å²) in [7, 11) is 1.62.